The molecule has 2 atom stereocenters. The molecule has 0 saturated carbocycles. The van der Waals surface area contributed by atoms with Gasteiger partial charge in [-0.05, 0) is 44.7 Å². The molecule has 0 bridgehead atoms. The topological polar surface area (TPSA) is 99.5 Å². The summed E-state index contributed by atoms with van der Waals surface area (Å²) in [6.45, 7) is 3.24. The fourth-order valence-electron chi connectivity index (χ4n) is 3.71. The van der Waals surface area contributed by atoms with Gasteiger partial charge >= 0.3 is 0 Å². The molecule has 8 heteroatoms. The lowest BCUT2D eigenvalue weighted by atomic mass is 9.96. The molecular weight excluding hydrogens is 366 g/mol. The summed E-state index contributed by atoms with van der Waals surface area (Å²) in [5, 5.41) is 12.2. The monoisotopic (exact) mass is 391 g/mol. The SMILES string of the molecule is C[C@H](NC(=O)C1CCN(S(=O)(=O)c2ccccc2C#N)CC1)[C@@H]1CCCO1. The van der Waals surface area contributed by atoms with Crippen LogP contribution in [0.15, 0.2) is 29.2 Å². The number of hydrogen-bond acceptors (Lipinski definition) is 5. The third-order valence-corrected chi connectivity index (χ3v) is 7.30. The summed E-state index contributed by atoms with van der Waals surface area (Å²) in [4.78, 5) is 12.5. The molecule has 1 aromatic rings. The van der Waals surface area contributed by atoms with Gasteiger partial charge in [-0.25, -0.2) is 8.42 Å². The van der Waals surface area contributed by atoms with Gasteiger partial charge in [0.25, 0.3) is 0 Å². The first-order valence-electron chi connectivity index (χ1n) is 9.34. The van der Waals surface area contributed by atoms with Crippen molar-refractivity contribution in [3.63, 3.8) is 0 Å². The molecular formula is C19H25N3O4S. The second-order valence-corrected chi connectivity index (χ2v) is 9.04. The number of piperidine rings is 1. The Kier molecular flexibility index (Phi) is 6.15. The van der Waals surface area contributed by atoms with Gasteiger partial charge in [0, 0.05) is 25.6 Å². The molecule has 0 unspecified atom stereocenters. The Morgan fingerprint density at radius 3 is 2.63 bits per heavy atom. The molecule has 2 aliphatic heterocycles. The summed E-state index contributed by atoms with van der Waals surface area (Å²) >= 11 is 0. The van der Waals surface area contributed by atoms with Crippen molar-refractivity contribution in [2.45, 2.75) is 49.6 Å². The van der Waals surface area contributed by atoms with Crippen LogP contribution in [0.2, 0.25) is 0 Å². The van der Waals surface area contributed by atoms with Crippen LogP contribution < -0.4 is 5.32 Å². The van der Waals surface area contributed by atoms with Gasteiger partial charge in [0.1, 0.15) is 6.07 Å². The minimum Gasteiger partial charge on any atom is -0.376 e. The minimum absolute atomic E-state index is 0.0300. The number of hydrogen-bond donors (Lipinski definition) is 1. The summed E-state index contributed by atoms with van der Waals surface area (Å²) in [7, 11) is -3.73. The summed E-state index contributed by atoms with van der Waals surface area (Å²) < 4.78 is 32.7. The third-order valence-electron chi connectivity index (χ3n) is 5.34. The zero-order valence-corrected chi connectivity index (χ0v) is 16.2. The molecule has 0 radical (unpaired) electrons. The Morgan fingerprint density at radius 2 is 2.00 bits per heavy atom. The number of carbonyl (C=O) groups is 1. The van der Waals surface area contributed by atoms with Crippen molar-refractivity contribution >= 4 is 15.9 Å². The predicted octanol–water partition coefficient (Wildman–Crippen LogP) is 1.64. The Balaban J connectivity index is 1.59. The van der Waals surface area contributed by atoms with E-state index in [1.165, 1.54) is 16.4 Å². The first-order valence-corrected chi connectivity index (χ1v) is 10.8. The van der Waals surface area contributed by atoms with E-state index < -0.39 is 10.0 Å². The Hall–Kier alpha value is -1.95. The highest BCUT2D eigenvalue weighted by atomic mass is 32.2. The van der Waals surface area contributed by atoms with Crippen LogP contribution in [0, 0.1) is 17.2 Å². The van der Waals surface area contributed by atoms with Crippen LogP contribution in [0.5, 0.6) is 0 Å². The summed E-state index contributed by atoms with van der Waals surface area (Å²) in [5.41, 5.74) is 0.141. The number of nitrogens with one attached hydrogen (secondary N) is 1. The van der Waals surface area contributed by atoms with Crippen molar-refractivity contribution in [1.82, 2.24) is 9.62 Å². The lowest BCUT2D eigenvalue weighted by molar-refractivity contribution is -0.127. The summed E-state index contributed by atoms with van der Waals surface area (Å²) in [6, 6.07) is 8.10. The predicted molar refractivity (Wildman–Crippen MR) is 99.2 cm³/mol. The van der Waals surface area contributed by atoms with E-state index in [9.17, 15) is 18.5 Å². The molecule has 2 saturated heterocycles. The molecule has 1 amide bonds. The average Bonchev–Trinajstić information content (AvgIpc) is 3.23. The smallest absolute Gasteiger partial charge is 0.244 e. The summed E-state index contributed by atoms with van der Waals surface area (Å²) in [5.74, 6) is -0.237. The highest BCUT2D eigenvalue weighted by molar-refractivity contribution is 7.89. The van der Waals surface area contributed by atoms with Gasteiger partial charge in [-0.2, -0.15) is 9.57 Å². The van der Waals surface area contributed by atoms with Gasteiger partial charge < -0.3 is 10.1 Å². The molecule has 2 aliphatic rings. The second kappa shape index (κ2) is 8.38. The Bertz CT molecular complexity index is 820. The van der Waals surface area contributed by atoms with Crippen LogP contribution in [0.1, 0.15) is 38.2 Å². The van der Waals surface area contributed by atoms with Gasteiger partial charge in [0.05, 0.1) is 22.6 Å². The van der Waals surface area contributed by atoms with Crippen molar-refractivity contribution in [3.05, 3.63) is 29.8 Å². The van der Waals surface area contributed by atoms with Crippen molar-refractivity contribution in [3.8, 4) is 6.07 Å². The molecule has 0 spiro atoms. The number of benzene rings is 1. The highest BCUT2D eigenvalue weighted by Gasteiger charge is 2.34. The first kappa shape index (κ1) is 19.8. The molecule has 1 aromatic carbocycles. The molecule has 7 nitrogen and oxygen atoms in total. The normalized spacial score (nSPS) is 22.9. The number of rotatable bonds is 5. The molecule has 0 aliphatic carbocycles. The molecule has 3 rings (SSSR count). The van der Waals surface area contributed by atoms with E-state index in [2.05, 4.69) is 5.32 Å². The number of nitriles is 1. The second-order valence-electron chi connectivity index (χ2n) is 7.14. The molecule has 146 valence electrons. The fourth-order valence-corrected chi connectivity index (χ4v) is 5.33. The number of amides is 1. The molecule has 0 aromatic heterocycles. The van der Waals surface area contributed by atoms with E-state index in [-0.39, 0.29) is 47.5 Å². The Morgan fingerprint density at radius 1 is 1.30 bits per heavy atom. The first-order chi connectivity index (χ1) is 12.9. The lowest BCUT2D eigenvalue weighted by Gasteiger charge is -2.31. The highest BCUT2D eigenvalue weighted by Crippen LogP contribution is 2.26. The van der Waals surface area contributed by atoms with Crippen LogP contribution in [0.25, 0.3) is 0 Å². The molecule has 1 N–H and O–H groups in total. The van der Waals surface area contributed by atoms with Crippen LogP contribution in [-0.4, -0.2) is 50.5 Å². The maximum Gasteiger partial charge on any atom is 0.244 e. The van der Waals surface area contributed by atoms with Gasteiger partial charge in [-0.15, -0.1) is 0 Å². The largest absolute Gasteiger partial charge is 0.376 e. The quantitative estimate of drug-likeness (QED) is 0.823. The zero-order chi connectivity index (χ0) is 19.4. The van der Waals surface area contributed by atoms with Crippen LogP contribution >= 0.6 is 0 Å². The maximum absolute atomic E-state index is 12.9. The van der Waals surface area contributed by atoms with Crippen LogP contribution in [0.3, 0.4) is 0 Å². The number of nitrogens with zero attached hydrogens (tertiary/aromatic N) is 2. The summed E-state index contributed by atoms with van der Waals surface area (Å²) in [6.07, 6.45) is 2.98. The van der Waals surface area contributed by atoms with Gasteiger partial charge in [0.2, 0.25) is 15.9 Å². The number of sulfonamides is 1. The van der Waals surface area contributed by atoms with Gasteiger partial charge in [-0.3, -0.25) is 4.79 Å². The van der Waals surface area contributed by atoms with E-state index in [1.54, 1.807) is 12.1 Å². The standard InChI is InChI=1S/C19H25N3O4S/c1-14(17-6-4-12-26-17)21-19(23)15-8-10-22(11-9-15)27(24,25)18-7-3-2-5-16(18)13-20/h2-3,5,7,14-15,17H,4,6,8-12H2,1H3,(H,21,23)/t14-,17-/m0/s1. The van der Waals surface area contributed by atoms with Gasteiger partial charge in [0.15, 0.2) is 0 Å². The lowest BCUT2D eigenvalue weighted by Crippen LogP contribution is -2.47. The molecule has 2 heterocycles. The maximum atomic E-state index is 12.9. The number of ether oxygens (including phenoxy) is 1. The van der Waals surface area contributed by atoms with Crippen molar-refractivity contribution < 1.29 is 17.9 Å². The number of carbonyl (C=O) groups excluding carboxylic acids is 1. The van der Waals surface area contributed by atoms with E-state index in [1.807, 2.05) is 13.0 Å². The van der Waals surface area contributed by atoms with E-state index in [4.69, 9.17) is 4.74 Å². The van der Waals surface area contributed by atoms with E-state index in [0.717, 1.165) is 19.4 Å². The van der Waals surface area contributed by atoms with E-state index >= 15 is 0 Å². The van der Waals surface area contributed by atoms with E-state index in [0.29, 0.717) is 12.8 Å². The Labute approximate surface area is 160 Å². The van der Waals surface area contributed by atoms with Crippen molar-refractivity contribution in [1.29, 1.82) is 5.26 Å². The van der Waals surface area contributed by atoms with Crippen molar-refractivity contribution in [2.75, 3.05) is 19.7 Å². The average molecular weight is 391 g/mol. The van der Waals surface area contributed by atoms with Gasteiger partial charge in [-0.1, -0.05) is 12.1 Å². The van der Waals surface area contributed by atoms with Crippen LogP contribution in [-0.2, 0) is 19.6 Å². The third kappa shape index (κ3) is 4.32. The minimum atomic E-state index is -3.73. The molecule has 2 fully saturated rings. The fraction of sp³-hybridized carbons (Fsp3) is 0.579. The zero-order valence-electron chi connectivity index (χ0n) is 15.4. The van der Waals surface area contributed by atoms with Crippen molar-refractivity contribution in [2.24, 2.45) is 5.92 Å². The van der Waals surface area contributed by atoms with Crippen LogP contribution in [0.4, 0.5) is 0 Å². The molecule has 27 heavy (non-hydrogen) atoms.